The Labute approximate surface area is 112 Å². The minimum Gasteiger partial charge on any atom is -0.436 e. The van der Waals surface area contributed by atoms with Crippen molar-refractivity contribution in [3.63, 3.8) is 0 Å². The number of nitrogens with one attached hydrogen (secondary N) is 1. The van der Waals surface area contributed by atoms with Crippen molar-refractivity contribution in [3.05, 3.63) is 40.4 Å². The van der Waals surface area contributed by atoms with Crippen LogP contribution in [-0.4, -0.2) is 17.0 Å². The van der Waals surface area contributed by atoms with Gasteiger partial charge in [-0.25, -0.2) is 9.37 Å². The van der Waals surface area contributed by atoms with Crippen LogP contribution >= 0.6 is 15.9 Å². The molecule has 1 heterocycles. The zero-order valence-corrected chi connectivity index (χ0v) is 11.5. The molecule has 4 nitrogen and oxygen atoms in total. The molecule has 1 aromatic heterocycles. The van der Waals surface area contributed by atoms with Crippen molar-refractivity contribution in [2.45, 2.75) is 6.92 Å². The molecule has 0 atom stereocenters. The van der Waals surface area contributed by atoms with Crippen molar-refractivity contribution in [1.82, 2.24) is 9.97 Å². The molecule has 0 amide bonds. The Bertz CT molecular complexity index is 577. The lowest BCUT2D eigenvalue weighted by molar-refractivity contribution is 0.425. The highest BCUT2D eigenvalue weighted by atomic mass is 79.9. The van der Waals surface area contributed by atoms with Gasteiger partial charge in [-0.2, -0.15) is 4.98 Å². The summed E-state index contributed by atoms with van der Waals surface area (Å²) in [5.74, 6) is 1.13. The molecule has 0 unspecified atom stereocenters. The molecule has 2 rings (SSSR count). The van der Waals surface area contributed by atoms with Crippen molar-refractivity contribution in [1.29, 1.82) is 0 Å². The normalized spacial score (nSPS) is 10.2. The number of aromatic nitrogens is 2. The topological polar surface area (TPSA) is 47.0 Å². The van der Waals surface area contributed by atoms with E-state index in [1.54, 1.807) is 32.2 Å². The highest BCUT2D eigenvalue weighted by molar-refractivity contribution is 9.10. The highest BCUT2D eigenvalue weighted by Gasteiger charge is 2.08. The number of halogens is 2. The van der Waals surface area contributed by atoms with Gasteiger partial charge in [-0.1, -0.05) is 15.9 Å². The molecule has 0 fully saturated rings. The number of hydrogen-bond donors (Lipinski definition) is 1. The monoisotopic (exact) mass is 311 g/mol. The van der Waals surface area contributed by atoms with Crippen LogP contribution in [0.4, 0.5) is 10.2 Å². The third-order valence-electron chi connectivity index (χ3n) is 2.18. The predicted octanol–water partition coefficient (Wildman–Crippen LogP) is 3.52. The second kappa shape index (κ2) is 5.30. The largest absolute Gasteiger partial charge is 0.436 e. The van der Waals surface area contributed by atoms with E-state index in [1.165, 1.54) is 6.07 Å². The molecule has 0 aliphatic heterocycles. The number of aryl methyl sites for hydroxylation is 1. The molecule has 2 aromatic rings. The lowest BCUT2D eigenvalue weighted by atomic mass is 10.3. The Morgan fingerprint density at radius 3 is 2.78 bits per heavy atom. The summed E-state index contributed by atoms with van der Waals surface area (Å²) in [6.45, 7) is 1.74. The molecular weight excluding hydrogens is 301 g/mol. The summed E-state index contributed by atoms with van der Waals surface area (Å²) in [6.07, 6.45) is 0. The van der Waals surface area contributed by atoms with E-state index in [1.807, 2.05) is 0 Å². The lowest BCUT2D eigenvalue weighted by Gasteiger charge is -2.08. The molecule has 0 spiro atoms. The standard InChI is InChI=1S/C12H11BrFN3O/c1-7-16-11(15-2)6-12(17-7)18-10-5-8(13)3-4-9(10)14/h3-6H,1-2H3,(H,15,16,17). The molecule has 0 bridgehead atoms. The number of hydrogen-bond acceptors (Lipinski definition) is 4. The summed E-state index contributed by atoms with van der Waals surface area (Å²) >= 11 is 3.26. The van der Waals surface area contributed by atoms with E-state index in [4.69, 9.17) is 4.74 Å². The summed E-state index contributed by atoms with van der Waals surface area (Å²) < 4.78 is 19.7. The number of rotatable bonds is 3. The average Bonchev–Trinajstić information content (AvgIpc) is 2.33. The van der Waals surface area contributed by atoms with Gasteiger partial charge in [0.25, 0.3) is 0 Å². The first kappa shape index (κ1) is 12.8. The van der Waals surface area contributed by atoms with Gasteiger partial charge in [0.2, 0.25) is 5.88 Å². The fraction of sp³-hybridized carbons (Fsp3) is 0.167. The highest BCUT2D eigenvalue weighted by Crippen LogP contribution is 2.27. The van der Waals surface area contributed by atoms with Gasteiger partial charge in [-0.15, -0.1) is 0 Å². The second-order valence-corrected chi connectivity index (χ2v) is 4.48. The van der Waals surface area contributed by atoms with E-state index < -0.39 is 5.82 Å². The summed E-state index contributed by atoms with van der Waals surface area (Å²) in [6, 6.07) is 6.08. The zero-order valence-electron chi connectivity index (χ0n) is 9.87. The predicted molar refractivity (Wildman–Crippen MR) is 70.5 cm³/mol. The minimum atomic E-state index is -0.444. The third kappa shape index (κ3) is 2.95. The first-order valence-corrected chi connectivity index (χ1v) is 6.04. The average molecular weight is 312 g/mol. The van der Waals surface area contributed by atoms with Gasteiger partial charge in [0, 0.05) is 17.6 Å². The number of nitrogens with zero attached hydrogens (tertiary/aromatic N) is 2. The van der Waals surface area contributed by atoms with Crippen LogP contribution in [0.15, 0.2) is 28.7 Å². The van der Waals surface area contributed by atoms with Gasteiger partial charge in [-0.3, -0.25) is 0 Å². The van der Waals surface area contributed by atoms with Crippen LogP contribution in [0, 0.1) is 12.7 Å². The first-order chi connectivity index (χ1) is 8.58. The van der Waals surface area contributed by atoms with E-state index in [-0.39, 0.29) is 5.75 Å². The maximum atomic E-state index is 13.5. The Morgan fingerprint density at radius 1 is 1.28 bits per heavy atom. The molecule has 18 heavy (non-hydrogen) atoms. The molecule has 94 valence electrons. The van der Waals surface area contributed by atoms with E-state index in [0.717, 1.165) is 4.47 Å². The van der Waals surface area contributed by atoms with Crippen molar-refractivity contribution in [3.8, 4) is 11.6 Å². The molecule has 1 aromatic carbocycles. The van der Waals surface area contributed by atoms with Crippen molar-refractivity contribution in [2.75, 3.05) is 12.4 Å². The van der Waals surface area contributed by atoms with Crippen molar-refractivity contribution in [2.24, 2.45) is 0 Å². The quantitative estimate of drug-likeness (QED) is 0.942. The lowest BCUT2D eigenvalue weighted by Crippen LogP contribution is -1.99. The molecule has 1 N–H and O–H groups in total. The molecule has 0 aliphatic carbocycles. The summed E-state index contributed by atoms with van der Waals surface area (Å²) in [5.41, 5.74) is 0. The molecular formula is C12H11BrFN3O. The summed E-state index contributed by atoms with van der Waals surface area (Å²) in [5, 5.41) is 2.89. The maximum Gasteiger partial charge on any atom is 0.224 e. The summed E-state index contributed by atoms with van der Waals surface area (Å²) in [7, 11) is 1.74. The zero-order chi connectivity index (χ0) is 13.1. The Balaban J connectivity index is 2.33. The maximum absolute atomic E-state index is 13.5. The Morgan fingerprint density at radius 2 is 2.06 bits per heavy atom. The molecule has 0 radical (unpaired) electrons. The van der Waals surface area contributed by atoms with E-state index in [9.17, 15) is 4.39 Å². The Kier molecular flexibility index (Phi) is 3.76. The molecule has 0 aliphatic rings. The van der Waals surface area contributed by atoms with Gasteiger partial charge in [0.15, 0.2) is 11.6 Å². The fourth-order valence-corrected chi connectivity index (χ4v) is 1.73. The first-order valence-electron chi connectivity index (χ1n) is 5.25. The molecule has 0 saturated heterocycles. The van der Waals surface area contributed by atoms with Crippen LogP contribution in [0.1, 0.15) is 5.82 Å². The van der Waals surface area contributed by atoms with Gasteiger partial charge in [0.05, 0.1) is 0 Å². The van der Waals surface area contributed by atoms with Gasteiger partial charge < -0.3 is 10.1 Å². The van der Waals surface area contributed by atoms with Crippen LogP contribution in [0.25, 0.3) is 0 Å². The van der Waals surface area contributed by atoms with Crippen LogP contribution in [0.3, 0.4) is 0 Å². The smallest absolute Gasteiger partial charge is 0.224 e. The van der Waals surface area contributed by atoms with Gasteiger partial charge >= 0.3 is 0 Å². The van der Waals surface area contributed by atoms with Gasteiger partial charge in [0.1, 0.15) is 11.6 Å². The SMILES string of the molecule is CNc1cc(Oc2cc(Br)ccc2F)nc(C)n1. The summed E-state index contributed by atoms with van der Waals surface area (Å²) in [4.78, 5) is 8.22. The van der Waals surface area contributed by atoms with Crippen LogP contribution < -0.4 is 10.1 Å². The van der Waals surface area contributed by atoms with E-state index in [2.05, 4.69) is 31.2 Å². The van der Waals surface area contributed by atoms with E-state index >= 15 is 0 Å². The number of ether oxygens (including phenoxy) is 1. The molecule has 6 heteroatoms. The third-order valence-corrected chi connectivity index (χ3v) is 2.67. The number of anilines is 1. The van der Waals surface area contributed by atoms with Crippen molar-refractivity contribution >= 4 is 21.7 Å². The Hall–Kier alpha value is -1.69. The van der Waals surface area contributed by atoms with Crippen LogP contribution in [0.2, 0.25) is 0 Å². The van der Waals surface area contributed by atoms with Crippen LogP contribution in [0.5, 0.6) is 11.6 Å². The van der Waals surface area contributed by atoms with Gasteiger partial charge in [-0.05, 0) is 25.1 Å². The second-order valence-electron chi connectivity index (χ2n) is 3.57. The minimum absolute atomic E-state index is 0.115. The van der Waals surface area contributed by atoms with Crippen molar-refractivity contribution < 1.29 is 9.13 Å². The molecule has 0 saturated carbocycles. The van der Waals surface area contributed by atoms with Crippen LogP contribution in [-0.2, 0) is 0 Å². The van der Waals surface area contributed by atoms with E-state index in [0.29, 0.717) is 17.5 Å². The fourth-order valence-electron chi connectivity index (χ4n) is 1.39. The number of benzene rings is 1.